The van der Waals surface area contributed by atoms with Crippen LogP contribution in [0.1, 0.15) is 30.3 Å². The van der Waals surface area contributed by atoms with Crippen LogP contribution in [-0.4, -0.2) is 11.0 Å². The molecule has 4 rings (SSSR count). The van der Waals surface area contributed by atoms with Gasteiger partial charge >= 0.3 is 11.6 Å². The van der Waals surface area contributed by atoms with Gasteiger partial charge < -0.3 is 9.15 Å². The molecule has 0 radical (unpaired) electrons. The van der Waals surface area contributed by atoms with Crippen molar-refractivity contribution in [3.05, 3.63) is 69.5 Å². The molecule has 0 aliphatic heterocycles. The summed E-state index contributed by atoms with van der Waals surface area (Å²) >= 11 is 1.59. The topological polar surface area (TPSA) is 69.4 Å². The molecule has 4 aromatic rings. The SMILES string of the molecule is CCCc1cc(=O)oc2cc(OC(=O)CCc3nc4ccccc4s3)ccc12. The lowest BCUT2D eigenvalue weighted by atomic mass is 10.1. The first-order chi connectivity index (χ1) is 13.6. The smallest absolute Gasteiger partial charge is 0.336 e. The van der Waals surface area contributed by atoms with E-state index in [1.165, 1.54) is 6.07 Å². The molecule has 0 saturated carbocycles. The van der Waals surface area contributed by atoms with E-state index in [0.717, 1.165) is 39.0 Å². The predicted octanol–water partition coefficient (Wildman–Crippen LogP) is 4.89. The summed E-state index contributed by atoms with van der Waals surface area (Å²) in [5, 5.41) is 1.78. The summed E-state index contributed by atoms with van der Waals surface area (Å²) in [6, 6.07) is 14.6. The third-order valence-corrected chi connectivity index (χ3v) is 5.53. The van der Waals surface area contributed by atoms with Crippen molar-refractivity contribution in [3.8, 4) is 5.75 Å². The predicted molar refractivity (Wildman–Crippen MR) is 110 cm³/mol. The van der Waals surface area contributed by atoms with Crippen LogP contribution in [-0.2, 0) is 17.6 Å². The summed E-state index contributed by atoms with van der Waals surface area (Å²) in [7, 11) is 0. The van der Waals surface area contributed by atoms with E-state index in [9.17, 15) is 9.59 Å². The third-order valence-electron chi connectivity index (χ3n) is 4.43. The molecule has 5 nitrogen and oxygen atoms in total. The molecular weight excluding hydrogens is 374 g/mol. The maximum atomic E-state index is 12.2. The van der Waals surface area contributed by atoms with Gasteiger partial charge in [0.1, 0.15) is 11.3 Å². The van der Waals surface area contributed by atoms with Crippen molar-refractivity contribution in [1.82, 2.24) is 4.98 Å². The highest BCUT2D eigenvalue weighted by Gasteiger charge is 2.11. The van der Waals surface area contributed by atoms with Crippen LogP contribution in [0.2, 0.25) is 0 Å². The fourth-order valence-corrected chi connectivity index (χ4v) is 4.14. The van der Waals surface area contributed by atoms with E-state index in [2.05, 4.69) is 11.9 Å². The number of rotatable bonds is 6. The molecule has 0 aliphatic rings. The van der Waals surface area contributed by atoms with Gasteiger partial charge in [-0.25, -0.2) is 9.78 Å². The Bertz CT molecular complexity index is 1180. The molecule has 0 amide bonds. The minimum Gasteiger partial charge on any atom is -0.426 e. The number of para-hydroxylation sites is 1. The summed E-state index contributed by atoms with van der Waals surface area (Å²) in [5.41, 5.74) is 1.94. The molecule has 0 bridgehead atoms. The Balaban J connectivity index is 1.46. The Labute approximate surface area is 165 Å². The van der Waals surface area contributed by atoms with E-state index >= 15 is 0 Å². The zero-order chi connectivity index (χ0) is 19.5. The second-order valence-corrected chi connectivity index (χ2v) is 7.66. The van der Waals surface area contributed by atoms with Gasteiger partial charge in [-0.3, -0.25) is 4.79 Å². The average molecular weight is 393 g/mol. The lowest BCUT2D eigenvalue weighted by Crippen LogP contribution is -2.09. The largest absolute Gasteiger partial charge is 0.426 e. The van der Waals surface area contributed by atoms with Crippen molar-refractivity contribution in [2.45, 2.75) is 32.6 Å². The molecule has 28 heavy (non-hydrogen) atoms. The van der Waals surface area contributed by atoms with Gasteiger partial charge in [-0.15, -0.1) is 11.3 Å². The molecule has 0 saturated heterocycles. The Morgan fingerprint density at radius 1 is 1.14 bits per heavy atom. The lowest BCUT2D eigenvalue weighted by molar-refractivity contribution is -0.134. The Morgan fingerprint density at radius 3 is 2.82 bits per heavy atom. The van der Waals surface area contributed by atoms with E-state index in [-0.39, 0.29) is 12.4 Å². The number of ether oxygens (including phenoxy) is 1. The fourth-order valence-electron chi connectivity index (χ4n) is 3.17. The first kappa shape index (κ1) is 18.4. The quantitative estimate of drug-likeness (QED) is 0.265. The highest BCUT2D eigenvalue weighted by atomic mass is 32.1. The maximum Gasteiger partial charge on any atom is 0.336 e. The molecule has 0 N–H and O–H groups in total. The van der Waals surface area contributed by atoms with Gasteiger partial charge in [0, 0.05) is 23.9 Å². The number of carbonyl (C=O) groups excluding carboxylic acids is 1. The van der Waals surface area contributed by atoms with Gasteiger partial charge in [0.25, 0.3) is 0 Å². The van der Waals surface area contributed by atoms with Crippen molar-refractivity contribution < 1.29 is 13.9 Å². The summed E-state index contributed by atoms with van der Waals surface area (Å²) in [5.74, 6) is 0.0317. The zero-order valence-electron chi connectivity index (χ0n) is 15.4. The van der Waals surface area contributed by atoms with Crippen molar-refractivity contribution in [2.24, 2.45) is 0 Å². The van der Waals surface area contributed by atoms with Crippen LogP contribution < -0.4 is 10.4 Å². The number of aryl methyl sites for hydroxylation is 2. The Hall–Kier alpha value is -2.99. The number of carbonyl (C=O) groups is 1. The number of thiazole rings is 1. The number of hydrogen-bond donors (Lipinski definition) is 0. The van der Waals surface area contributed by atoms with Crippen LogP contribution in [0.15, 0.2) is 57.7 Å². The fraction of sp³-hybridized carbons (Fsp3) is 0.227. The first-order valence-corrected chi connectivity index (χ1v) is 10.1. The van der Waals surface area contributed by atoms with Crippen LogP contribution in [0.5, 0.6) is 5.75 Å². The third kappa shape index (κ3) is 3.97. The van der Waals surface area contributed by atoms with Gasteiger partial charge in [0.05, 0.1) is 21.6 Å². The van der Waals surface area contributed by atoms with Gasteiger partial charge in [0.2, 0.25) is 0 Å². The first-order valence-electron chi connectivity index (χ1n) is 9.24. The number of aromatic nitrogens is 1. The van der Waals surface area contributed by atoms with Crippen molar-refractivity contribution >= 4 is 38.5 Å². The molecule has 2 heterocycles. The minimum absolute atomic E-state index is 0.234. The summed E-state index contributed by atoms with van der Waals surface area (Å²) in [6.07, 6.45) is 2.49. The van der Waals surface area contributed by atoms with Crippen LogP contribution >= 0.6 is 11.3 Å². The van der Waals surface area contributed by atoms with E-state index < -0.39 is 5.63 Å². The van der Waals surface area contributed by atoms with Crippen LogP contribution in [0, 0.1) is 0 Å². The summed E-state index contributed by atoms with van der Waals surface area (Å²) in [4.78, 5) is 28.5. The number of benzene rings is 2. The number of fused-ring (bicyclic) bond motifs is 2. The van der Waals surface area contributed by atoms with Gasteiger partial charge in [-0.1, -0.05) is 25.5 Å². The summed E-state index contributed by atoms with van der Waals surface area (Å²) < 4.78 is 11.8. The second-order valence-electron chi connectivity index (χ2n) is 6.55. The Morgan fingerprint density at radius 2 is 2.00 bits per heavy atom. The Kier molecular flexibility index (Phi) is 5.21. The van der Waals surface area contributed by atoms with Crippen LogP contribution in [0.25, 0.3) is 21.2 Å². The van der Waals surface area contributed by atoms with Crippen molar-refractivity contribution in [2.75, 3.05) is 0 Å². The molecule has 142 valence electrons. The van der Waals surface area contributed by atoms with Gasteiger partial charge in [-0.05, 0) is 36.2 Å². The number of esters is 1. The summed E-state index contributed by atoms with van der Waals surface area (Å²) in [6.45, 7) is 2.06. The highest BCUT2D eigenvalue weighted by Crippen LogP contribution is 2.25. The van der Waals surface area contributed by atoms with E-state index in [4.69, 9.17) is 9.15 Å². The molecule has 0 spiro atoms. The van der Waals surface area contributed by atoms with E-state index in [1.807, 2.05) is 30.3 Å². The highest BCUT2D eigenvalue weighted by molar-refractivity contribution is 7.18. The van der Waals surface area contributed by atoms with Crippen molar-refractivity contribution in [1.29, 1.82) is 0 Å². The molecule has 0 atom stereocenters. The molecule has 2 aromatic heterocycles. The minimum atomic E-state index is -0.393. The number of hydrogen-bond acceptors (Lipinski definition) is 6. The number of nitrogens with zero attached hydrogens (tertiary/aromatic N) is 1. The van der Waals surface area contributed by atoms with E-state index in [0.29, 0.717) is 17.8 Å². The van der Waals surface area contributed by atoms with Crippen LogP contribution in [0.4, 0.5) is 0 Å². The molecule has 0 aliphatic carbocycles. The van der Waals surface area contributed by atoms with Crippen molar-refractivity contribution in [3.63, 3.8) is 0 Å². The molecule has 2 aromatic carbocycles. The average Bonchev–Trinajstić information content (AvgIpc) is 3.09. The second kappa shape index (κ2) is 7.94. The standard InChI is InChI=1S/C22H19NO4S/c1-2-5-14-12-22(25)27-18-13-15(8-9-16(14)18)26-21(24)11-10-20-23-17-6-3-4-7-19(17)28-20/h3-4,6-9,12-13H,2,5,10-11H2,1H3. The monoisotopic (exact) mass is 393 g/mol. The molecule has 0 fully saturated rings. The molecular formula is C22H19NO4S. The van der Waals surface area contributed by atoms with Crippen LogP contribution in [0.3, 0.4) is 0 Å². The zero-order valence-corrected chi connectivity index (χ0v) is 16.3. The van der Waals surface area contributed by atoms with Gasteiger partial charge in [-0.2, -0.15) is 0 Å². The van der Waals surface area contributed by atoms with E-state index in [1.54, 1.807) is 23.5 Å². The maximum absolute atomic E-state index is 12.2. The molecule has 6 heteroatoms. The van der Waals surface area contributed by atoms with Gasteiger partial charge in [0.15, 0.2) is 0 Å². The lowest BCUT2D eigenvalue weighted by Gasteiger charge is -2.07. The normalized spacial score (nSPS) is 11.2. The molecule has 0 unspecified atom stereocenters.